The molecule has 3 N–H and O–H groups in total. The minimum Gasteiger partial charge on any atom is -0.479 e. The van der Waals surface area contributed by atoms with Gasteiger partial charge in [0.1, 0.15) is 11.8 Å². The van der Waals surface area contributed by atoms with Crippen molar-refractivity contribution in [2.45, 2.75) is 25.4 Å². The zero-order valence-corrected chi connectivity index (χ0v) is 13.1. The first-order valence-corrected chi connectivity index (χ1v) is 7.33. The Morgan fingerprint density at radius 1 is 1.43 bits per heavy atom. The Hall–Kier alpha value is -1.60. The maximum absolute atomic E-state index is 6.04. The summed E-state index contributed by atoms with van der Waals surface area (Å²) in [6.45, 7) is 2.56. The average Bonchev–Trinajstić information content (AvgIpc) is 2.99. The molecule has 0 aliphatic carbocycles. The first-order chi connectivity index (χ1) is 10.1. The number of hydrogen-bond acceptors (Lipinski definition) is 7. The highest BCUT2D eigenvalue weighted by Gasteiger charge is 2.23. The Morgan fingerprint density at radius 2 is 2.24 bits per heavy atom. The molecule has 1 fully saturated rings. The minimum atomic E-state index is -0.0539. The largest absolute Gasteiger partial charge is 0.479 e. The second-order valence-corrected chi connectivity index (χ2v) is 5.44. The summed E-state index contributed by atoms with van der Waals surface area (Å²) in [5, 5.41) is 3.27. The van der Waals surface area contributed by atoms with E-state index in [1.807, 2.05) is 0 Å². The third kappa shape index (κ3) is 4.18. The summed E-state index contributed by atoms with van der Waals surface area (Å²) >= 11 is 0. The van der Waals surface area contributed by atoms with Gasteiger partial charge in [-0.1, -0.05) is 0 Å². The molecule has 0 amide bonds. The van der Waals surface area contributed by atoms with Crippen molar-refractivity contribution in [1.82, 2.24) is 14.9 Å². The molecule has 1 aromatic rings. The Bertz CT molecular complexity index is 461. The predicted octanol–water partition coefficient (Wildman–Crippen LogP) is 1.28. The van der Waals surface area contributed by atoms with Gasteiger partial charge in [0, 0.05) is 13.2 Å². The van der Waals surface area contributed by atoms with Crippen molar-refractivity contribution in [1.29, 1.82) is 0 Å². The number of rotatable bonds is 7. The van der Waals surface area contributed by atoms with E-state index in [1.54, 1.807) is 7.11 Å². The molecule has 2 rings (SSSR count). The number of methoxy groups -OCH3 is 1. The van der Waals surface area contributed by atoms with Gasteiger partial charge in [0.15, 0.2) is 11.6 Å². The third-order valence-corrected chi connectivity index (χ3v) is 3.41. The van der Waals surface area contributed by atoms with Gasteiger partial charge in [-0.3, -0.25) is 0 Å². The first-order valence-electron chi connectivity index (χ1n) is 7.33. The second kappa shape index (κ2) is 7.42. The van der Waals surface area contributed by atoms with Crippen LogP contribution in [0.1, 0.15) is 31.2 Å². The van der Waals surface area contributed by atoms with Gasteiger partial charge in [0.05, 0.1) is 7.11 Å². The van der Waals surface area contributed by atoms with E-state index in [0.717, 1.165) is 39.0 Å². The number of aromatic nitrogens is 2. The van der Waals surface area contributed by atoms with Crippen LogP contribution in [0, 0.1) is 0 Å². The van der Waals surface area contributed by atoms with E-state index in [0.29, 0.717) is 23.2 Å². The summed E-state index contributed by atoms with van der Waals surface area (Å²) in [7, 11) is 5.67. The molecule has 7 nitrogen and oxygen atoms in total. The van der Waals surface area contributed by atoms with Crippen molar-refractivity contribution in [3.8, 4) is 5.88 Å². The molecule has 0 spiro atoms. The molecule has 7 heteroatoms. The number of nitrogen functional groups attached to an aromatic ring is 1. The summed E-state index contributed by atoms with van der Waals surface area (Å²) in [6.07, 6.45) is 2.93. The van der Waals surface area contributed by atoms with Gasteiger partial charge in [-0.05, 0) is 39.9 Å². The lowest BCUT2D eigenvalue weighted by molar-refractivity contribution is 0.104. The number of ether oxygens (including phenoxy) is 2. The molecule has 1 saturated heterocycles. The fraction of sp³-hybridized carbons (Fsp3) is 0.714. The topological polar surface area (TPSA) is 85.5 Å². The van der Waals surface area contributed by atoms with Crippen molar-refractivity contribution in [3.63, 3.8) is 0 Å². The Labute approximate surface area is 125 Å². The van der Waals surface area contributed by atoms with Crippen LogP contribution in [-0.4, -0.2) is 55.8 Å². The van der Waals surface area contributed by atoms with Crippen molar-refractivity contribution in [2.24, 2.45) is 0 Å². The fourth-order valence-electron chi connectivity index (χ4n) is 2.28. The lowest BCUT2D eigenvalue weighted by Gasteiger charge is -2.16. The van der Waals surface area contributed by atoms with Gasteiger partial charge >= 0.3 is 0 Å². The number of nitrogens with two attached hydrogens (primary N) is 1. The number of nitrogens with one attached hydrogen (secondary N) is 1. The Kier molecular flexibility index (Phi) is 5.58. The van der Waals surface area contributed by atoms with Crippen molar-refractivity contribution >= 4 is 11.5 Å². The van der Waals surface area contributed by atoms with Crippen molar-refractivity contribution in [3.05, 3.63) is 5.82 Å². The van der Waals surface area contributed by atoms with Crippen LogP contribution in [0.4, 0.5) is 11.5 Å². The summed E-state index contributed by atoms with van der Waals surface area (Å²) in [5.74, 6) is 1.69. The lowest BCUT2D eigenvalue weighted by Crippen LogP contribution is -2.18. The predicted molar refractivity (Wildman–Crippen MR) is 82.6 cm³/mol. The molecule has 0 aromatic carbocycles. The Morgan fingerprint density at radius 3 is 2.86 bits per heavy atom. The van der Waals surface area contributed by atoms with Crippen LogP contribution in [-0.2, 0) is 4.74 Å². The zero-order chi connectivity index (χ0) is 15.2. The molecule has 1 unspecified atom stereocenters. The monoisotopic (exact) mass is 295 g/mol. The van der Waals surface area contributed by atoms with Gasteiger partial charge in [0.2, 0.25) is 5.88 Å². The van der Waals surface area contributed by atoms with E-state index in [4.69, 9.17) is 15.2 Å². The first kappa shape index (κ1) is 15.8. The van der Waals surface area contributed by atoms with Crippen molar-refractivity contribution < 1.29 is 9.47 Å². The van der Waals surface area contributed by atoms with Gasteiger partial charge in [-0.2, -0.15) is 4.98 Å². The number of anilines is 2. The summed E-state index contributed by atoms with van der Waals surface area (Å²) in [5.41, 5.74) is 6.49. The molecule has 1 aliphatic heterocycles. The number of nitrogens with zero attached hydrogens (tertiary/aromatic N) is 3. The number of hydrogen-bond donors (Lipinski definition) is 2. The van der Waals surface area contributed by atoms with Crippen LogP contribution in [0.15, 0.2) is 0 Å². The normalized spacial score (nSPS) is 18.2. The van der Waals surface area contributed by atoms with Gasteiger partial charge in [-0.15, -0.1) is 0 Å². The summed E-state index contributed by atoms with van der Waals surface area (Å²) in [4.78, 5) is 11.0. The standard InChI is InChI=1S/C14H25N5O2/c1-19(2)8-5-7-16-13-11(15)14(20-3)18-12(17-13)10-6-4-9-21-10/h10H,4-9,15H2,1-3H3,(H,16,17,18). The van der Waals surface area contributed by atoms with Gasteiger partial charge < -0.3 is 25.4 Å². The van der Waals surface area contributed by atoms with Crippen molar-refractivity contribution in [2.75, 3.05) is 52.0 Å². The zero-order valence-electron chi connectivity index (χ0n) is 13.1. The maximum Gasteiger partial charge on any atom is 0.242 e. The highest BCUT2D eigenvalue weighted by molar-refractivity contribution is 5.67. The molecule has 1 atom stereocenters. The van der Waals surface area contributed by atoms with Crippen LogP contribution >= 0.6 is 0 Å². The quantitative estimate of drug-likeness (QED) is 0.733. The molecule has 0 radical (unpaired) electrons. The molecular weight excluding hydrogens is 270 g/mol. The van der Waals surface area contributed by atoms with E-state index in [2.05, 4.69) is 34.3 Å². The SMILES string of the molecule is COc1nc(C2CCCO2)nc(NCCCN(C)C)c1N. The minimum absolute atomic E-state index is 0.0539. The second-order valence-electron chi connectivity index (χ2n) is 5.44. The average molecular weight is 295 g/mol. The third-order valence-electron chi connectivity index (χ3n) is 3.41. The summed E-state index contributed by atoms with van der Waals surface area (Å²) in [6, 6.07) is 0. The van der Waals surface area contributed by atoms with Crippen LogP contribution < -0.4 is 15.8 Å². The highest BCUT2D eigenvalue weighted by Crippen LogP contribution is 2.32. The highest BCUT2D eigenvalue weighted by atomic mass is 16.5. The van der Waals surface area contributed by atoms with Crippen LogP contribution in [0.2, 0.25) is 0 Å². The summed E-state index contributed by atoms with van der Waals surface area (Å²) < 4.78 is 10.9. The van der Waals surface area contributed by atoms with E-state index in [-0.39, 0.29) is 6.10 Å². The fourth-order valence-corrected chi connectivity index (χ4v) is 2.28. The molecule has 1 aromatic heterocycles. The van der Waals surface area contributed by atoms with Gasteiger partial charge in [0.25, 0.3) is 0 Å². The van der Waals surface area contributed by atoms with E-state index in [9.17, 15) is 0 Å². The van der Waals surface area contributed by atoms with Crippen LogP contribution in [0.25, 0.3) is 0 Å². The lowest BCUT2D eigenvalue weighted by atomic mass is 10.2. The van der Waals surface area contributed by atoms with Crippen LogP contribution in [0.3, 0.4) is 0 Å². The van der Waals surface area contributed by atoms with E-state index in [1.165, 1.54) is 0 Å². The molecule has 0 bridgehead atoms. The molecule has 1 aliphatic rings. The van der Waals surface area contributed by atoms with E-state index >= 15 is 0 Å². The molecule has 0 saturated carbocycles. The van der Waals surface area contributed by atoms with Gasteiger partial charge in [-0.25, -0.2) is 4.98 Å². The molecule has 2 heterocycles. The maximum atomic E-state index is 6.04. The molecular formula is C14H25N5O2. The Balaban J connectivity index is 2.08. The molecule has 21 heavy (non-hydrogen) atoms. The smallest absolute Gasteiger partial charge is 0.242 e. The van der Waals surface area contributed by atoms with E-state index < -0.39 is 0 Å². The van der Waals surface area contributed by atoms with Crippen LogP contribution in [0.5, 0.6) is 5.88 Å². The molecule has 118 valence electrons.